The number of rotatable bonds is 2. The summed E-state index contributed by atoms with van der Waals surface area (Å²) in [6.07, 6.45) is 2.13. The summed E-state index contributed by atoms with van der Waals surface area (Å²) in [4.78, 5) is 0. The van der Waals surface area contributed by atoms with Crippen molar-refractivity contribution in [2.75, 3.05) is 6.56 Å². The van der Waals surface area contributed by atoms with Gasteiger partial charge in [0.25, 0.3) is 0 Å². The van der Waals surface area contributed by atoms with Crippen molar-refractivity contribution in [1.82, 2.24) is 0 Å². The summed E-state index contributed by atoms with van der Waals surface area (Å²) in [5.74, 6) is -0.131. The molecular weight excluding hydrogens is 130 g/mol. The third-order valence-electron chi connectivity index (χ3n) is 0.917. The Morgan fingerprint density at radius 3 is 3.60 bits per heavy atom. The predicted octanol–water partition coefficient (Wildman–Crippen LogP) is 0.719. The Morgan fingerprint density at radius 1 is 2.00 bits per heavy atom. The Balaban J connectivity index is 2.87. The second-order valence-electron chi connectivity index (χ2n) is 1.60. The van der Waals surface area contributed by atoms with Crippen molar-refractivity contribution >= 4 is 0 Å². The van der Waals surface area contributed by atoms with Crippen LogP contribution >= 0.6 is 0 Å². The maximum absolute atomic E-state index is 10.8. The molecule has 0 saturated carbocycles. The average Bonchev–Trinajstić information content (AvgIpc) is 2.00. The van der Waals surface area contributed by atoms with Crippen molar-refractivity contribution in [3.63, 3.8) is 0 Å². The first-order valence-electron chi connectivity index (χ1n) is 5.10. The summed E-state index contributed by atoms with van der Waals surface area (Å²) in [7, 11) is 0. The molecule has 0 aromatic carbocycles. The Hall–Kier alpha value is -1.25. The van der Waals surface area contributed by atoms with Gasteiger partial charge in [0.05, 0.1) is 9.30 Å². The molecule has 1 aromatic heterocycles. The monoisotopic (exact) mass is 144 g/mol. The van der Waals surface area contributed by atoms with Crippen molar-refractivity contribution in [3.05, 3.63) is 29.7 Å². The molecule has 1 aromatic rings. The molecule has 0 amide bonds. The van der Waals surface area contributed by atoms with E-state index in [0.717, 1.165) is 6.20 Å². The molecule has 3 nitrogen and oxygen atoms in total. The highest BCUT2D eigenvalue weighted by molar-refractivity contribution is 5.12. The zero-order chi connectivity index (χ0) is 11.7. The molecule has 0 spiro atoms. The van der Waals surface area contributed by atoms with Crippen molar-refractivity contribution < 1.29 is 16.3 Å². The van der Waals surface area contributed by atoms with E-state index in [1.54, 1.807) is 0 Å². The van der Waals surface area contributed by atoms with Crippen LogP contribution in [0, 0.1) is 5.21 Å². The maximum atomic E-state index is 10.8. The Labute approximate surface area is 66.5 Å². The van der Waals surface area contributed by atoms with Crippen molar-refractivity contribution in [2.24, 2.45) is 0 Å². The highest BCUT2D eigenvalue weighted by Crippen LogP contribution is 2.03. The summed E-state index contributed by atoms with van der Waals surface area (Å²) < 4.78 is 40.0. The molecule has 0 radical (unpaired) electrons. The lowest BCUT2D eigenvalue weighted by molar-refractivity contribution is -0.605. The van der Waals surface area contributed by atoms with Gasteiger partial charge >= 0.3 is 0 Å². The SMILES string of the molecule is [2H]C([2H])([2H])C([2H])([2H])Oc1ccc[n+]([O-])c1. The molecule has 0 aliphatic rings. The van der Waals surface area contributed by atoms with E-state index in [-0.39, 0.29) is 5.75 Å². The number of hydrogen-bond acceptors (Lipinski definition) is 2. The van der Waals surface area contributed by atoms with Crippen LogP contribution in [0.4, 0.5) is 0 Å². The molecule has 1 heterocycles. The molecule has 1 rings (SSSR count). The highest BCUT2D eigenvalue weighted by Gasteiger charge is 1.93. The first kappa shape index (κ1) is 2.78. The normalized spacial score (nSPS) is 19.4. The summed E-state index contributed by atoms with van der Waals surface area (Å²) in [6.45, 7) is -5.72. The van der Waals surface area contributed by atoms with Gasteiger partial charge in [-0.3, -0.25) is 0 Å². The van der Waals surface area contributed by atoms with Crippen LogP contribution in [0.15, 0.2) is 24.5 Å². The van der Waals surface area contributed by atoms with E-state index in [4.69, 9.17) is 6.85 Å². The van der Waals surface area contributed by atoms with Crippen LogP contribution in [0.25, 0.3) is 0 Å². The molecule has 0 atom stereocenters. The summed E-state index contributed by atoms with van der Waals surface area (Å²) in [5, 5.41) is 10.8. The fourth-order valence-electron chi connectivity index (χ4n) is 0.553. The van der Waals surface area contributed by atoms with Crippen LogP contribution in [0.3, 0.4) is 0 Å². The van der Waals surface area contributed by atoms with Gasteiger partial charge in [0.2, 0.25) is 6.20 Å². The van der Waals surface area contributed by atoms with Gasteiger partial charge in [0.1, 0.15) is 0 Å². The molecule has 0 aliphatic heterocycles. The topological polar surface area (TPSA) is 36.2 Å². The molecule has 3 heteroatoms. The van der Waals surface area contributed by atoms with Gasteiger partial charge < -0.3 is 9.94 Å². The number of nitrogens with zero attached hydrogens (tertiary/aromatic N) is 1. The molecule has 0 fully saturated rings. The van der Waals surface area contributed by atoms with E-state index in [1.807, 2.05) is 0 Å². The summed E-state index contributed by atoms with van der Waals surface area (Å²) >= 11 is 0. The number of aromatic nitrogens is 1. The summed E-state index contributed by atoms with van der Waals surface area (Å²) in [5.41, 5.74) is 0. The van der Waals surface area contributed by atoms with E-state index in [2.05, 4.69) is 4.74 Å². The van der Waals surface area contributed by atoms with E-state index in [0.29, 0.717) is 4.73 Å². The van der Waals surface area contributed by atoms with Gasteiger partial charge in [0, 0.05) is 10.2 Å². The van der Waals surface area contributed by atoms with E-state index < -0.39 is 13.4 Å². The van der Waals surface area contributed by atoms with Crippen LogP contribution in [0.1, 0.15) is 13.7 Å². The Kier molecular flexibility index (Phi) is 0.849. The average molecular weight is 144 g/mol. The van der Waals surface area contributed by atoms with Crippen LogP contribution in [-0.2, 0) is 0 Å². The minimum absolute atomic E-state index is 0.131. The molecule has 0 N–H and O–H groups in total. The Bertz CT molecular complexity index is 351. The smallest absolute Gasteiger partial charge is 0.222 e. The lowest BCUT2D eigenvalue weighted by Gasteiger charge is -2.00. The molecule has 0 unspecified atom stereocenters. The first-order valence-corrected chi connectivity index (χ1v) is 2.60. The number of pyridine rings is 1. The lowest BCUT2D eigenvalue weighted by Crippen LogP contribution is -2.23. The highest BCUT2D eigenvalue weighted by atomic mass is 16.5. The Morgan fingerprint density at radius 2 is 2.90 bits per heavy atom. The standard InChI is InChI=1S/C7H9NO2/c1-2-10-7-4-3-5-8(9)6-7/h3-6H,2H2,1H3/i1D3,2D2. The third-order valence-corrected chi connectivity index (χ3v) is 0.917. The minimum atomic E-state index is -2.91. The van der Waals surface area contributed by atoms with Gasteiger partial charge in [-0.05, 0) is 12.9 Å². The molecule has 0 aliphatic carbocycles. The molecule has 54 valence electrons. The predicted molar refractivity (Wildman–Crippen MR) is 36.6 cm³/mol. The maximum Gasteiger partial charge on any atom is 0.222 e. The molecule has 0 saturated heterocycles. The molecule has 0 bridgehead atoms. The van der Waals surface area contributed by atoms with Crippen LogP contribution in [0.2, 0.25) is 0 Å². The van der Waals surface area contributed by atoms with Gasteiger partial charge in [0.15, 0.2) is 11.9 Å². The number of ether oxygens (including phenoxy) is 1. The quantitative estimate of drug-likeness (QED) is 0.453. The zero-order valence-electron chi connectivity index (χ0n) is 10.1. The lowest BCUT2D eigenvalue weighted by atomic mass is 10.5. The largest absolute Gasteiger partial charge is 0.619 e. The minimum Gasteiger partial charge on any atom is -0.619 e. The second kappa shape index (κ2) is 3.06. The molecule has 10 heavy (non-hydrogen) atoms. The fraction of sp³-hybridized carbons (Fsp3) is 0.286. The van der Waals surface area contributed by atoms with Gasteiger partial charge in [-0.2, -0.15) is 4.73 Å². The zero-order valence-corrected chi connectivity index (χ0v) is 5.07. The molecular formula is C7H9NO2. The van der Waals surface area contributed by atoms with Crippen molar-refractivity contribution in [2.45, 2.75) is 6.85 Å². The second-order valence-corrected chi connectivity index (χ2v) is 1.60. The summed E-state index contributed by atoms with van der Waals surface area (Å²) in [6, 6.07) is 2.63. The van der Waals surface area contributed by atoms with Crippen molar-refractivity contribution in [1.29, 1.82) is 0 Å². The fourth-order valence-corrected chi connectivity index (χ4v) is 0.553. The van der Waals surface area contributed by atoms with Crippen molar-refractivity contribution in [3.8, 4) is 5.75 Å². The van der Waals surface area contributed by atoms with E-state index >= 15 is 0 Å². The van der Waals surface area contributed by atoms with Gasteiger partial charge in [-0.1, -0.05) is 0 Å². The van der Waals surface area contributed by atoms with Crippen LogP contribution in [0.5, 0.6) is 5.75 Å². The van der Waals surface area contributed by atoms with E-state index in [1.165, 1.54) is 18.3 Å². The van der Waals surface area contributed by atoms with Crippen LogP contribution in [-0.4, -0.2) is 6.56 Å². The first-order chi connectivity index (χ1) is 6.72. The van der Waals surface area contributed by atoms with Crippen LogP contribution < -0.4 is 9.47 Å². The van der Waals surface area contributed by atoms with Gasteiger partial charge in [-0.25, -0.2) is 0 Å². The van der Waals surface area contributed by atoms with Gasteiger partial charge in [-0.15, -0.1) is 0 Å². The third kappa shape index (κ3) is 1.62. The number of hydrogen-bond donors (Lipinski definition) is 0. The van der Waals surface area contributed by atoms with E-state index in [9.17, 15) is 5.21 Å².